The van der Waals surface area contributed by atoms with Gasteiger partial charge in [0.05, 0.1) is 13.2 Å². The van der Waals surface area contributed by atoms with E-state index in [0.717, 1.165) is 0 Å². The average molecular weight is 249 g/mol. The summed E-state index contributed by atoms with van der Waals surface area (Å²) in [6.07, 6.45) is 0. The summed E-state index contributed by atoms with van der Waals surface area (Å²) in [4.78, 5) is 24.0. The van der Waals surface area contributed by atoms with Crippen LogP contribution in [0.4, 0.5) is 0 Å². The van der Waals surface area contributed by atoms with Gasteiger partial charge in [-0.15, -0.1) is 0 Å². The summed E-state index contributed by atoms with van der Waals surface area (Å²) in [6.45, 7) is 7.44. The molecule has 4 nitrogen and oxygen atoms in total. The van der Waals surface area contributed by atoms with Crippen LogP contribution < -0.4 is 0 Å². The van der Waals surface area contributed by atoms with E-state index >= 15 is 0 Å². The number of hydrogen-bond donors (Lipinski definition) is 0. The Hall–Kier alpha value is -1.84. The van der Waals surface area contributed by atoms with E-state index in [9.17, 15) is 9.59 Å². The molecule has 0 aromatic heterocycles. The maximum absolute atomic E-state index is 12.0. The van der Waals surface area contributed by atoms with Crippen molar-refractivity contribution in [3.05, 3.63) is 42.8 Å². The van der Waals surface area contributed by atoms with E-state index in [4.69, 9.17) is 9.47 Å². The monoisotopic (exact) mass is 249 g/mol. The van der Waals surface area contributed by atoms with Crippen molar-refractivity contribution in [2.24, 2.45) is 0 Å². The first-order chi connectivity index (χ1) is 8.57. The zero-order valence-corrected chi connectivity index (χ0v) is 10.6. The molecule has 0 aliphatic rings. The Labute approximate surface area is 107 Å². The molecule has 0 amide bonds. The summed E-state index contributed by atoms with van der Waals surface area (Å²) >= 11 is 0. The van der Waals surface area contributed by atoms with Crippen molar-refractivity contribution in [1.82, 2.24) is 0 Å². The highest BCUT2D eigenvalue weighted by Crippen LogP contribution is 2.26. The summed E-state index contributed by atoms with van der Waals surface area (Å²) < 4.78 is 9.85. The molecule has 0 atom stereocenters. The first kappa shape index (κ1) is 14.2. The lowest BCUT2D eigenvalue weighted by molar-refractivity contribution is -0.162. The largest absolute Gasteiger partial charge is 0.465 e. The second kappa shape index (κ2) is 6.19. The lowest BCUT2D eigenvalue weighted by Crippen LogP contribution is -2.43. The Balaban J connectivity index is 3.17. The average Bonchev–Trinajstić information content (AvgIpc) is 2.39. The molecule has 0 unspecified atom stereocenters. The molecule has 0 fully saturated rings. The molecule has 0 aliphatic carbocycles. The van der Waals surface area contributed by atoms with Gasteiger partial charge in [0.1, 0.15) is 0 Å². The van der Waals surface area contributed by atoms with Crippen molar-refractivity contribution >= 4 is 11.9 Å². The van der Waals surface area contributed by atoms with E-state index in [1.165, 1.54) is 0 Å². The molecule has 0 heterocycles. The van der Waals surface area contributed by atoms with Crippen LogP contribution in [-0.4, -0.2) is 25.2 Å². The molecule has 0 aliphatic heterocycles. The Kier molecular flexibility index (Phi) is 4.89. The van der Waals surface area contributed by atoms with Gasteiger partial charge in [-0.05, 0) is 26.3 Å². The third-order valence-electron chi connectivity index (χ3n) is 2.51. The second-order valence-corrected chi connectivity index (χ2v) is 3.71. The zero-order valence-electron chi connectivity index (χ0n) is 10.6. The Morgan fingerprint density at radius 1 is 1.06 bits per heavy atom. The van der Waals surface area contributed by atoms with Gasteiger partial charge in [0.2, 0.25) is 0 Å². The highest BCUT2D eigenvalue weighted by molar-refractivity contribution is 6.07. The fourth-order valence-electron chi connectivity index (χ4n) is 1.55. The van der Waals surface area contributed by atoms with Crippen LogP contribution >= 0.6 is 0 Å². The predicted octanol–water partition coefficient (Wildman–Crippen LogP) is 1.88. The molecule has 97 valence electrons. The van der Waals surface area contributed by atoms with Gasteiger partial charge >= 0.3 is 11.9 Å². The van der Waals surface area contributed by atoms with Crippen LogP contribution in [0.1, 0.15) is 19.4 Å². The smallest absolute Gasteiger partial charge is 0.328 e. The topological polar surface area (TPSA) is 52.6 Å². The summed E-state index contributed by atoms with van der Waals surface area (Å²) in [5.74, 6) is -1.40. The molecule has 1 aromatic carbocycles. The van der Waals surface area contributed by atoms with E-state index in [-0.39, 0.29) is 13.2 Å². The maximum Gasteiger partial charge on any atom is 0.328 e. The molecular formula is C14H17O4. The lowest BCUT2D eigenvalue weighted by Gasteiger charge is -2.25. The minimum atomic E-state index is -1.66. The quantitative estimate of drug-likeness (QED) is 0.590. The van der Waals surface area contributed by atoms with Crippen molar-refractivity contribution in [1.29, 1.82) is 0 Å². The van der Waals surface area contributed by atoms with E-state index in [0.29, 0.717) is 5.56 Å². The number of benzene rings is 1. The number of carbonyl (C=O) groups is 2. The maximum atomic E-state index is 12.0. The fraction of sp³-hybridized carbons (Fsp3) is 0.357. The molecular weight excluding hydrogens is 232 g/mol. The number of esters is 2. The molecule has 0 bridgehead atoms. The van der Waals surface area contributed by atoms with Crippen LogP contribution in [-0.2, 0) is 24.5 Å². The minimum Gasteiger partial charge on any atom is -0.465 e. The molecule has 1 radical (unpaired) electrons. The zero-order chi connectivity index (χ0) is 13.6. The van der Waals surface area contributed by atoms with Crippen molar-refractivity contribution in [2.75, 3.05) is 13.2 Å². The molecule has 4 heteroatoms. The van der Waals surface area contributed by atoms with Gasteiger partial charge in [0.15, 0.2) is 5.41 Å². The molecule has 0 saturated carbocycles. The summed E-state index contributed by atoms with van der Waals surface area (Å²) in [7, 11) is 0. The van der Waals surface area contributed by atoms with Crippen LogP contribution in [0.2, 0.25) is 0 Å². The summed E-state index contributed by atoms with van der Waals surface area (Å²) in [5.41, 5.74) is -1.20. The van der Waals surface area contributed by atoms with Crippen LogP contribution in [0.25, 0.3) is 0 Å². The van der Waals surface area contributed by atoms with Gasteiger partial charge in [-0.2, -0.15) is 0 Å². The fourth-order valence-corrected chi connectivity index (χ4v) is 1.55. The van der Waals surface area contributed by atoms with Gasteiger partial charge in [0, 0.05) is 0 Å². The molecule has 1 aromatic rings. The third kappa shape index (κ3) is 2.70. The van der Waals surface area contributed by atoms with E-state index in [1.54, 1.807) is 44.2 Å². The molecule has 0 saturated heterocycles. The van der Waals surface area contributed by atoms with Crippen LogP contribution in [0.5, 0.6) is 0 Å². The van der Waals surface area contributed by atoms with Crippen LogP contribution in [0.15, 0.2) is 30.3 Å². The number of carbonyl (C=O) groups excluding carboxylic acids is 2. The molecule has 18 heavy (non-hydrogen) atoms. The highest BCUT2D eigenvalue weighted by Gasteiger charge is 2.46. The van der Waals surface area contributed by atoms with Gasteiger partial charge in [0.25, 0.3) is 0 Å². The van der Waals surface area contributed by atoms with Gasteiger partial charge in [-0.3, -0.25) is 9.59 Å². The van der Waals surface area contributed by atoms with Crippen LogP contribution in [0.3, 0.4) is 0 Å². The normalized spacial score (nSPS) is 10.8. The number of rotatable bonds is 5. The molecule has 1 rings (SSSR count). The van der Waals surface area contributed by atoms with Gasteiger partial charge < -0.3 is 9.47 Å². The van der Waals surface area contributed by atoms with Crippen LogP contribution in [0, 0.1) is 6.92 Å². The third-order valence-corrected chi connectivity index (χ3v) is 2.51. The SMILES string of the molecule is [CH2]C(C(=O)OCC)(C(=O)OCC)c1ccccc1. The molecule has 0 N–H and O–H groups in total. The highest BCUT2D eigenvalue weighted by atomic mass is 16.6. The van der Waals surface area contributed by atoms with E-state index in [2.05, 4.69) is 6.92 Å². The predicted molar refractivity (Wildman–Crippen MR) is 66.7 cm³/mol. The first-order valence-electron chi connectivity index (χ1n) is 5.82. The van der Waals surface area contributed by atoms with Crippen molar-refractivity contribution in [3.8, 4) is 0 Å². The number of ether oxygens (including phenoxy) is 2. The van der Waals surface area contributed by atoms with Crippen molar-refractivity contribution in [3.63, 3.8) is 0 Å². The molecule has 0 spiro atoms. The van der Waals surface area contributed by atoms with Gasteiger partial charge in [-0.1, -0.05) is 30.3 Å². The minimum absolute atomic E-state index is 0.183. The summed E-state index contributed by atoms with van der Waals surface area (Å²) in [5, 5.41) is 0. The standard InChI is InChI=1S/C14H17O4/c1-4-17-12(15)14(3,13(16)18-5-2)11-9-7-6-8-10-11/h6-10H,3-5H2,1-2H3. The Morgan fingerprint density at radius 3 is 1.89 bits per heavy atom. The van der Waals surface area contributed by atoms with E-state index in [1.807, 2.05) is 0 Å². The van der Waals surface area contributed by atoms with Crippen molar-refractivity contribution < 1.29 is 19.1 Å². The summed E-state index contributed by atoms with van der Waals surface area (Å²) in [6, 6.07) is 8.56. The van der Waals surface area contributed by atoms with Gasteiger partial charge in [-0.25, -0.2) is 0 Å². The first-order valence-corrected chi connectivity index (χ1v) is 5.82. The number of hydrogen-bond acceptors (Lipinski definition) is 4. The second-order valence-electron chi connectivity index (χ2n) is 3.71. The van der Waals surface area contributed by atoms with Crippen molar-refractivity contribution in [2.45, 2.75) is 19.3 Å². The lowest BCUT2D eigenvalue weighted by atomic mass is 9.82. The van der Waals surface area contributed by atoms with E-state index < -0.39 is 17.4 Å². The Morgan fingerprint density at radius 2 is 1.50 bits per heavy atom. The Bertz CT molecular complexity index is 393.